The molecule has 2 aliphatic rings. The molecule has 172 valence electrons. The number of piperidine rings is 1. The minimum atomic E-state index is -0.720. The number of benzene rings is 1. The van der Waals surface area contributed by atoms with E-state index in [2.05, 4.69) is 29.4 Å². The Hall–Kier alpha value is -1.60. The summed E-state index contributed by atoms with van der Waals surface area (Å²) in [5.41, 5.74) is 2.37. The summed E-state index contributed by atoms with van der Waals surface area (Å²) in [6.45, 7) is 9.20. The molecule has 1 aromatic carbocycles. The molecular weight excluding hydrogens is 434 g/mol. The lowest BCUT2D eigenvalue weighted by molar-refractivity contribution is -0.129. The van der Waals surface area contributed by atoms with Crippen LogP contribution in [0.25, 0.3) is 0 Å². The van der Waals surface area contributed by atoms with E-state index in [4.69, 9.17) is 11.6 Å². The zero-order valence-corrected chi connectivity index (χ0v) is 20.4. The average Bonchev–Trinajstić information content (AvgIpc) is 2.71. The van der Waals surface area contributed by atoms with Crippen molar-refractivity contribution in [2.24, 2.45) is 11.8 Å². The molecule has 0 aromatic heterocycles. The van der Waals surface area contributed by atoms with Crippen LogP contribution >= 0.6 is 11.6 Å². The maximum atomic E-state index is 13.1. The van der Waals surface area contributed by atoms with Crippen LogP contribution in [-0.4, -0.2) is 52.7 Å². The van der Waals surface area contributed by atoms with Crippen LogP contribution < -0.4 is 15.5 Å². The highest BCUT2D eigenvalue weighted by Gasteiger charge is 2.32. The summed E-state index contributed by atoms with van der Waals surface area (Å²) >= 11 is 6.42. The molecule has 2 N–H and O–H groups in total. The van der Waals surface area contributed by atoms with Crippen LogP contribution in [0.5, 0.6) is 0 Å². The number of carbonyl (C=O) groups excluding carboxylic acids is 2. The summed E-state index contributed by atoms with van der Waals surface area (Å²) in [6, 6.07) is 4.08. The molecule has 2 heterocycles. The minimum absolute atomic E-state index is 0.00176. The highest BCUT2D eigenvalue weighted by atomic mass is 35.5. The fraction of sp³-hybridized carbons (Fsp3) is 0.652. The number of amides is 2. The zero-order valence-electron chi connectivity index (χ0n) is 18.9. The van der Waals surface area contributed by atoms with Gasteiger partial charge in [0.2, 0.25) is 5.91 Å². The highest BCUT2D eigenvalue weighted by molar-refractivity contribution is 7.85. The number of anilines is 1. The van der Waals surface area contributed by atoms with Crippen LogP contribution in [-0.2, 0) is 15.6 Å². The summed E-state index contributed by atoms with van der Waals surface area (Å²) in [6.07, 6.45) is 2.66. The first-order valence-electron chi connectivity index (χ1n) is 11.2. The first kappa shape index (κ1) is 24.1. The molecule has 6 nitrogen and oxygen atoms in total. The summed E-state index contributed by atoms with van der Waals surface area (Å²) < 4.78 is 11.8. The van der Waals surface area contributed by atoms with Crippen LogP contribution in [0.2, 0.25) is 5.02 Å². The van der Waals surface area contributed by atoms with Crippen molar-refractivity contribution in [1.29, 1.82) is 0 Å². The first-order valence-corrected chi connectivity index (χ1v) is 13.1. The van der Waals surface area contributed by atoms with Crippen molar-refractivity contribution in [3.63, 3.8) is 0 Å². The summed E-state index contributed by atoms with van der Waals surface area (Å²) in [5.74, 6) is 1.22. The van der Waals surface area contributed by atoms with E-state index < -0.39 is 10.8 Å². The molecule has 3 unspecified atom stereocenters. The molecule has 8 heteroatoms. The Morgan fingerprint density at radius 3 is 2.58 bits per heavy atom. The highest BCUT2D eigenvalue weighted by Crippen LogP contribution is 2.32. The summed E-state index contributed by atoms with van der Waals surface area (Å²) in [4.78, 5) is 27.7. The Labute approximate surface area is 192 Å². The van der Waals surface area contributed by atoms with Crippen molar-refractivity contribution in [2.75, 3.05) is 29.5 Å². The van der Waals surface area contributed by atoms with Gasteiger partial charge in [0.15, 0.2) is 0 Å². The minimum Gasteiger partial charge on any atom is -0.368 e. The van der Waals surface area contributed by atoms with Crippen molar-refractivity contribution in [3.8, 4) is 0 Å². The van der Waals surface area contributed by atoms with E-state index in [1.165, 1.54) is 0 Å². The van der Waals surface area contributed by atoms with Crippen molar-refractivity contribution >= 4 is 39.9 Å². The molecule has 2 fully saturated rings. The zero-order chi connectivity index (χ0) is 22.7. The SMILES string of the molecule is CCN(c1cc(Cl)cc(C(=O)NCC2C(=O)NC(C)CC2C)c1C)C1CCS(=O)CC1. The summed E-state index contributed by atoms with van der Waals surface area (Å²) in [5, 5.41) is 6.45. The quantitative estimate of drug-likeness (QED) is 0.673. The lowest BCUT2D eigenvalue weighted by atomic mass is 9.84. The Morgan fingerprint density at radius 2 is 1.97 bits per heavy atom. The van der Waals surface area contributed by atoms with Gasteiger partial charge in [-0.15, -0.1) is 0 Å². The molecule has 3 atom stereocenters. The number of nitrogens with zero attached hydrogens (tertiary/aromatic N) is 1. The molecule has 0 radical (unpaired) electrons. The molecule has 2 saturated heterocycles. The monoisotopic (exact) mass is 467 g/mol. The standard InChI is InChI=1S/C23H34ClN3O3S/c1-5-27(18-6-8-31(30)9-7-18)21-12-17(24)11-19(16(21)4)22(28)25-13-20-14(2)10-15(3)26-23(20)29/h11-12,14-15,18,20H,5-10,13H2,1-4H3,(H,25,28)(H,26,29). The number of hydrogen-bond donors (Lipinski definition) is 2. The van der Waals surface area contributed by atoms with Crippen molar-refractivity contribution in [1.82, 2.24) is 10.6 Å². The van der Waals surface area contributed by atoms with Crippen LogP contribution in [0, 0.1) is 18.8 Å². The van der Waals surface area contributed by atoms with Crippen LogP contribution in [0.4, 0.5) is 5.69 Å². The molecule has 3 rings (SSSR count). The number of nitrogens with one attached hydrogen (secondary N) is 2. The summed E-state index contributed by atoms with van der Waals surface area (Å²) in [7, 11) is -0.720. The van der Waals surface area contributed by atoms with Gasteiger partial charge in [-0.1, -0.05) is 18.5 Å². The molecule has 0 bridgehead atoms. The number of hydrogen-bond acceptors (Lipinski definition) is 4. The van der Waals surface area contributed by atoms with Crippen LogP contribution in [0.15, 0.2) is 12.1 Å². The van der Waals surface area contributed by atoms with E-state index in [1.807, 2.05) is 19.9 Å². The maximum Gasteiger partial charge on any atom is 0.251 e. The van der Waals surface area contributed by atoms with Gasteiger partial charge >= 0.3 is 0 Å². The van der Waals surface area contributed by atoms with E-state index in [1.54, 1.807) is 6.07 Å². The second kappa shape index (κ2) is 10.3. The van der Waals surface area contributed by atoms with Crippen LogP contribution in [0.1, 0.15) is 56.0 Å². The molecule has 2 aliphatic heterocycles. The van der Waals surface area contributed by atoms with Crippen LogP contribution in [0.3, 0.4) is 0 Å². The molecule has 0 aliphatic carbocycles. The molecule has 2 amide bonds. The number of rotatable bonds is 6. The van der Waals surface area contributed by atoms with Crippen molar-refractivity contribution < 1.29 is 13.8 Å². The topological polar surface area (TPSA) is 78.5 Å². The second-order valence-electron chi connectivity index (χ2n) is 8.90. The maximum absolute atomic E-state index is 13.1. The Balaban J connectivity index is 1.77. The van der Waals surface area contributed by atoms with E-state index in [9.17, 15) is 13.8 Å². The van der Waals surface area contributed by atoms with E-state index in [0.717, 1.165) is 37.1 Å². The third kappa shape index (κ3) is 5.61. The Kier molecular flexibility index (Phi) is 8.03. The normalized spacial score (nSPS) is 28.7. The molecule has 31 heavy (non-hydrogen) atoms. The van der Waals surface area contributed by atoms with Gasteiger partial charge in [-0.25, -0.2) is 0 Å². The van der Waals surface area contributed by atoms with Crippen molar-refractivity contribution in [3.05, 3.63) is 28.3 Å². The molecular formula is C23H34ClN3O3S. The lowest BCUT2D eigenvalue weighted by Crippen LogP contribution is -2.50. The predicted molar refractivity (Wildman–Crippen MR) is 127 cm³/mol. The van der Waals surface area contributed by atoms with Gasteiger partial charge in [0, 0.05) is 63.8 Å². The lowest BCUT2D eigenvalue weighted by Gasteiger charge is -2.36. The number of carbonyl (C=O) groups is 2. The fourth-order valence-electron chi connectivity index (χ4n) is 4.90. The van der Waals surface area contributed by atoms with Gasteiger partial charge in [0.05, 0.1) is 5.92 Å². The van der Waals surface area contributed by atoms with Gasteiger partial charge in [-0.2, -0.15) is 0 Å². The molecule has 0 saturated carbocycles. The largest absolute Gasteiger partial charge is 0.368 e. The third-order valence-electron chi connectivity index (χ3n) is 6.66. The third-order valence-corrected chi connectivity index (χ3v) is 8.26. The Bertz CT molecular complexity index is 853. The van der Waals surface area contributed by atoms with Gasteiger partial charge in [0.1, 0.15) is 0 Å². The molecule has 0 spiro atoms. The second-order valence-corrected chi connectivity index (χ2v) is 11.0. The smallest absolute Gasteiger partial charge is 0.251 e. The van der Waals surface area contributed by atoms with Gasteiger partial charge < -0.3 is 15.5 Å². The van der Waals surface area contributed by atoms with E-state index in [0.29, 0.717) is 34.7 Å². The number of halogens is 1. The average molecular weight is 468 g/mol. The van der Waals surface area contributed by atoms with E-state index >= 15 is 0 Å². The van der Waals surface area contributed by atoms with Crippen molar-refractivity contribution in [2.45, 2.75) is 59.0 Å². The van der Waals surface area contributed by atoms with Gasteiger partial charge in [0.25, 0.3) is 5.91 Å². The molecule has 1 aromatic rings. The fourth-order valence-corrected chi connectivity index (χ4v) is 6.38. The van der Waals surface area contributed by atoms with Gasteiger partial charge in [-0.05, 0) is 63.6 Å². The Morgan fingerprint density at radius 1 is 1.29 bits per heavy atom. The van der Waals surface area contributed by atoms with E-state index in [-0.39, 0.29) is 29.7 Å². The first-order chi connectivity index (χ1) is 14.7. The van der Waals surface area contributed by atoms with Gasteiger partial charge in [-0.3, -0.25) is 13.8 Å². The predicted octanol–water partition coefficient (Wildman–Crippen LogP) is 3.28.